The van der Waals surface area contributed by atoms with E-state index >= 15 is 0 Å². The van der Waals surface area contributed by atoms with Crippen molar-refractivity contribution >= 4 is 11.6 Å². The van der Waals surface area contributed by atoms with Crippen LogP contribution in [0.25, 0.3) is 0 Å². The predicted octanol–water partition coefficient (Wildman–Crippen LogP) is 3.21. The topological polar surface area (TPSA) is 32.3 Å². The fraction of sp³-hybridized carbons (Fsp3) is 0.562. The molecule has 106 valence electrons. The number of carbonyl (C=O) groups excluding carboxylic acids is 1. The molecule has 1 amide bonds. The van der Waals surface area contributed by atoms with Crippen LogP contribution in [-0.4, -0.2) is 25.5 Å². The summed E-state index contributed by atoms with van der Waals surface area (Å²) in [5, 5.41) is 2.98. The monoisotopic (exact) mass is 262 g/mol. The van der Waals surface area contributed by atoms with E-state index in [1.807, 2.05) is 6.07 Å². The number of anilines is 1. The first kappa shape index (κ1) is 15.5. The van der Waals surface area contributed by atoms with Gasteiger partial charge in [-0.1, -0.05) is 31.5 Å². The Balaban J connectivity index is 2.22. The molecule has 0 radical (unpaired) electrons. The number of nitrogens with one attached hydrogen (secondary N) is 1. The normalized spacial score (nSPS) is 10.2. The lowest BCUT2D eigenvalue weighted by molar-refractivity contribution is -0.121. The number of unbranched alkanes of at least 4 members (excludes halogenated alkanes) is 1. The Morgan fingerprint density at radius 2 is 1.89 bits per heavy atom. The third-order valence-corrected chi connectivity index (χ3v) is 3.19. The maximum absolute atomic E-state index is 11.5. The van der Waals surface area contributed by atoms with Gasteiger partial charge in [0.25, 0.3) is 0 Å². The largest absolute Gasteiger partial charge is 0.372 e. The van der Waals surface area contributed by atoms with Crippen molar-refractivity contribution in [2.75, 3.05) is 24.5 Å². The number of nitrogens with zero attached hydrogens (tertiary/aromatic N) is 1. The fourth-order valence-corrected chi connectivity index (χ4v) is 2.03. The minimum atomic E-state index is 0.185. The molecule has 0 spiro atoms. The van der Waals surface area contributed by atoms with Crippen LogP contribution in [0.1, 0.15) is 39.5 Å². The molecule has 0 saturated carbocycles. The van der Waals surface area contributed by atoms with E-state index in [0.717, 1.165) is 38.9 Å². The molecular formula is C16H26N2O. The van der Waals surface area contributed by atoms with Crippen LogP contribution in [0, 0.1) is 0 Å². The molecule has 0 aromatic heterocycles. The second-order valence-corrected chi connectivity index (χ2v) is 4.72. The second-order valence-electron chi connectivity index (χ2n) is 4.72. The summed E-state index contributed by atoms with van der Waals surface area (Å²) in [6.07, 6.45) is 3.70. The number of benzene rings is 1. The van der Waals surface area contributed by atoms with E-state index in [4.69, 9.17) is 0 Å². The lowest BCUT2D eigenvalue weighted by Crippen LogP contribution is -2.29. The summed E-state index contributed by atoms with van der Waals surface area (Å²) in [5.74, 6) is 0.185. The summed E-state index contributed by atoms with van der Waals surface area (Å²) in [4.78, 5) is 13.8. The average Bonchev–Trinajstić information content (AvgIpc) is 2.46. The Morgan fingerprint density at radius 3 is 2.53 bits per heavy atom. The van der Waals surface area contributed by atoms with Crippen molar-refractivity contribution in [3.63, 3.8) is 0 Å². The molecule has 0 aliphatic heterocycles. The molecule has 3 nitrogen and oxygen atoms in total. The van der Waals surface area contributed by atoms with Crippen molar-refractivity contribution < 1.29 is 4.79 Å². The third-order valence-electron chi connectivity index (χ3n) is 3.19. The minimum Gasteiger partial charge on any atom is -0.372 e. The van der Waals surface area contributed by atoms with E-state index in [0.29, 0.717) is 6.42 Å². The van der Waals surface area contributed by atoms with Crippen LogP contribution >= 0.6 is 0 Å². The molecule has 1 aromatic rings. The standard InChI is InChI=1S/C16H26N2O/c1-3-5-12-16(19)17-13-9-14-18(4-2)15-10-7-6-8-11-15/h6-8,10-11H,3-5,9,12-14H2,1-2H3,(H,17,19). The SMILES string of the molecule is CCCCC(=O)NCCCN(CC)c1ccccc1. The van der Waals surface area contributed by atoms with E-state index in [1.54, 1.807) is 0 Å². The van der Waals surface area contributed by atoms with Crippen LogP contribution in [0.4, 0.5) is 5.69 Å². The predicted molar refractivity (Wildman–Crippen MR) is 81.5 cm³/mol. The highest BCUT2D eigenvalue weighted by Crippen LogP contribution is 2.12. The molecule has 1 rings (SSSR count). The van der Waals surface area contributed by atoms with Crippen molar-refractivity contribution in [1.82, 2.24) is 5.32 Å². The van der Waals surface area contributed by atoms with Gasteiger partial charge >= 0.3 is 0 Å². The van der Waals surface area contributed by atoms with E-state index in [1.165, 1.54) is 5.69 Å². The lowest BCUT2D eigenvalue weighted by atomic mass is 10.2. The van der Waals surface area contributed by atoms with Crippen LogP contribution in [0.2, 0.25) is 0 Å². The van der Waals surface area contributed by atoms with E-state index in [-0.39, 0.29) is 5.91 Å². The Bertz CT molecular complexity index is 351. The Labute approximate surface area is 117 Å². The van der Waals surface area contributed by atoms with Crippen LogP contribution < -0.4 is 10.2 Å². The molecule has 0 unspecified atom stereocenters. The molecule has 0 fully saturated rings. The summed E-state index contributed by atoms with van der Waals surface area (Å²) in [7, 11) is 0. The summed E-state index contributed by atoms with van der Waals surface area (Å²) in [5.41, 5.74) is 1.25. The number of hydrogen-bond acceptors (Lipinski definition) is 2. The summed E-state index contributed by atoms with van der Waals surface area (Å²) in [6, 6.07) is 10.4. The van der Waals surface area contributed by atoms with E-state index in [9.17, 15) is 4.79 Å². The molecule has 0 aliphatic carbocycles. The van der Waals surface area contributed by atoms with Crippen molar-refractivity contribution in [1.29, 1.82) is 0 Å². The van der Waals surface area contributed by atoms with Gasteiger partial charge in [-0.15, -0.1) is 0 Å². The quantitative estimate of drug-likeness (QED) is 0.693. The second kappa shape index (κ2) is 9.42. The van der Waals surface area contributed by atoms with Gasteiger partial charge in [-0.2, -0.15) is 0 Å². The molecule has 1 N–H and O–H groups in total. The lowest BCUT2D eigenvalue weighted by Gasteiger charge is -2.23. The van der Waals surface area contributed by atoms with Crippen molar-refractivity contribution in [3.8, 4) is 0 Å². The highest BCUT2D eigenvalue weighted by molar-refractivity contribution is 5.75. The first-order chi connectivity index (χ1) is 9.27. The Kier molecular flexibility index (Phi) is 7.71. The summed E-state index contributed by atoms with van der Waals surface area (Å²) < 4.78 is 0. The average molecular weight is 262 g/mol. The number of hydrogen-bond donors (Lipinski definition) is 1. The number of para-hydroxylation sites is 1. The maximum atomic E-state index is 11.5. The zero-order valence-corrected chi connectivity index (χ0v) is 12.2. The third kappa shape index (κ3) is 6.27. The van der Waals surface area contributed by atoms with Crippen LogP contribution in [0.5, 0.6) is 0 Å². The van der Waals surface area contributed by atoms with Gasteiger partial charge < -0.3 is 10.2 Å². The highest BCUT2D eigenvalue weighted by atomic mass is 16.1. The number of carbonyl (C=O) groups is 1. The zero-order chi connectivity index (χ0) is 13.9. The molecule has 1 aromatic carbocycles. The molecule has 3 heteroatoms. The van der Waals surface area contributed by atoms with Gasteiger partial charge in [0.05, 0.1) is 0 Å². The van der Waals surface area contributed by atoms with E-state index in [2.05, 4.69) is 48.3 Å². The smallest absolute Gasteiger partial charge is 0.219 e. The molecule has 0 saturated heterocycles. The van der Waals surface area contributed by atoms with Gasteiger partial charge in [0, 0.05) is 31.7 Å². The fourth-order valence-electron chi connectivity index (χ4n) is 2.03. The Hall–Kier alpha value is -1.51. The first-order valence-corrected chi connectivity index (χ1v) is 7.34. The Morgan fingerprint density at radius 1 is 1.16 bits per heavy atom. The minimum absolute atomic E-state index is 0.185. The molecule has 0 aliphatic rings. The summed E-state index contributed by atoms with van der Waals surface area (Å²) in [6.45, 7) is 7.01. The van der Waals surface area contributed by atoms with Crippen molar-refractivity contribution in [2.24, 2.45) is 0 Å². The molecule has 0 heterocycles. The van der Waals surface area contributed by atoms with Gasteiger partial charge in [0.2, 0.25) is 5.91 Å². The van der Waals surface area contributed by atoms with Crippen LogP contribution in [0.3, 0.4) is 0 Å². The van der Waals surface area contributed by atoms with Crippen LogP contribution in [-0.2, 0) is 4.79 Å². The van der Waals surface area contributed by atoms with Gasteiger partial charge in [-0.25, -0.2) is 0 Å². The van der Waals surface area contributed by atoms with Gasteiger partial charge in [0.15, 0.2) is 0 Å². The molecular weight excluding hydrogens is 236 g/mol. The number of amides is 1. The molecule has 19 heavy (non-hydrogen) atoms. The molecule has 0 bridgehead atoms. The van der Waals surface area contributed by atoms with Crippen molar-refractivity contribution in [3.05, 3.63) is 30.3 Å². The van der Waals surface area contributed by atoms with Gasteiger partial charge in [0.1, 0.15) is 0 Å². The zero-order valence-electron chi connectivity index (χ0n) is 12.2. The van der Waals surface area contributed by atoms with Crippen LogP contribution in [0.15, 0.2) is 30.3 Å². The first-order valence-electron chi connectivity index (χ1n) is 7.34. The van der Waals surface area contributed by atoms with E-state index < -0.39 is 0 Å². The molecule has 0 atom stereocenters. The van der Waals surface area contributed by atoms with Gasteiger partial charge in [-0.3, -0.25) is 4.79 Å². The van der Waals surface area contributed by atoms with Gasteiger partial charge in [-0.05, 0) is 31.9 Å². The number of rotatable bonds is 9. The highest BCUT2D eigenvalue weighted by Gasteiger charge is 2.04. The van der Waals surface area contributed by atoms with Crippen molar-refractivity contribution in [2.45, 2.75) is 39.5 Å². The maximum Gasteiger partial charge on any atom is 0.219 e. The summed E-state index contributed by atoms with van der Waals surface area (Å²) >= 11 is 0.